The van der Waals surface area contributed by atoms with Crippen molar-refractivity contribution >= 4 is 16.6 Å². The minimum absolute atomic E-state index is 0.00181. The quantitative estimate of drug-likeness (QED) is 0.804. The van der Waals surface area contributed by atoms with E-state index in [1.54, 1.807) is 13.5 Å². The summed E-state index contributed by atoms with van der Waals surface area (Å²) in [7, 11) is -3.06. The van der Waals surface area contributed by atoms with E-state index in [1.807, 2.05) is 54.6 Å². The van der Waals surface area contributed by atoms with Gasteiger partial charge in [-0.15, -0.1) is 0 Å². The van der Waals surface area contributed by atoms with Crippen molar-refractivity contribution < 1.29 is 9.11 Å². The predicted molar refractivity (Wildman–Crippen MR) is 104 cm³/mol. The van der Waals surface area contributed by atoms with Gasteiger partial charge in [0.2, 0.25) is 0 Å². The molecule has 2 aliphatic rings. The highest BCUT2D eigenvalue weighted by Gasteiger charge is 2.43. The molecule has 0 bridgehead atoms. The van der Waals surface area contributed by atoms with Crippen LogP contribution in [0.1, 0.15) is 6.42 Å². The van der Waals surface area contributed by atoms with Gasteiger partial charge in [0.1, 0.15) is 0 Å². The molecule has 2 aliphatic heterocycles. The Balaban J connectivity index is 1.58. The SMILES string of the molecule is N#CN1CCC(N2CCN(c3cccc(-c4ccccc4)c3)S2(O)O)C1. The summed E-state index contributed by atoms with van der Waals surface area (Å²) >= 11 is 0. The number of likely N-dealkylation sites (tertiary alicyclic amines) is 1. The van der Waals surface area contributed by atoms with E-state index >= 15 is 0 Å². The Morgan fingerprint density at radius 1 is 0.962 bits per heavy atom. The van der Waals surface area contributed by atoms with Gasteiger partial charge in [-0.05, 0) is 29.7 Å². The summed E-state index contributed by atoms with van der Waals surface area (Å²) < 4.78 is 25.4. The Bertz CT molecular complexity index is 824. The molecule has 4 rings (SSSR count). The molecule has 0 aromatic heterocycles. The van der Waals surface area contributed by atoms with E-state index in [0.717, 1.165) is 23.2 Å². The van der Waals surface area contributed by atoms with Gasteiger partial charge in [0.15, 0.2) is 6.19 Å². The molecule has 0 amide bonds. The number of benzene rings is 2. The monoisotopic (exact) mass is 370 g/mol. The van der Waals surface area contributed by atoms with Crippen molar-refractivity contribution in [2.45, 2.75) is 12.5 Å². The smallest absolute Gasteiger partial charge is 0.179 e. The first-order valence-electron chi connectivity index (χ1n) is 8.72. The van der Waals surface area contributed by atoms with Crippen LogP contribution in [0.25, 0.3) is 11.1 Å². The third-order valence-corrected chi connectivity index (χ3v) is 7.18. The molecule has 1 unspecified atom stereocenters. The van der Waals surface area contributed by atoms with Gasteiger partial charge in [-0.3, -0.25) is 13.4 Å². The number of nitrogens with zero attached hydrogens (tertiary/aromatic N) is 4. The van der Waals surface area contributed by atoms with Gasteiger partial charge in [-0.2, -0.15) is 9.57 Å². The van der Waals surface area contributed by atoms with Crippen LogP contribution in [-0.4, -0.2) is 50.5 Å². The standard InChI is InChI=1S/C19H22N4O2S/c20-15-21-10-9-19(14-21)23-12-11-22(26(23,24)25)18-8-4-7-17(13-18)16-5-2-1-3-6-16/h1-8,13,19,24-25H,9-12,14H2. The van der Waals surface area contributed by atoms with E-state index in [0.29, 0.717) is 26.2 Å². The number of rotatable bonds is 3. The highest BCUT2D eigenvalue weighted by Crippen LogP contribution is 2.55. The number of hydrogen-bond donors (Lipinski definition) is 2. The molecule has 7 heteroatoms. The first-order chi connectivity index (χ1) is 12.6. The molecule has 2 aromatic rings. The number of nitriles is 1. The Morgan fingerprint density at radius 2 is 1.73 bits per heavy atom. The molecule has 26 heavy (non-hydrogen) atoms. The molecule has 2 saturated heterocycles. The van der Waals surface area contributed by atoms with Gasteiger partial charge in [-0.25, -0.2) is 0 Å². The molecular formula is C19H22N4O2S. The molecule has 0 saturated carbocycles. The summed E-state index contributed by atoms with van der Waals surface area (Å²) in [5, 5.41) is 9.05. The van der Waals surface area contributed by atoms with Gasteiger partial charge in [0.05, 0.1) is 18.3 Å². The van der Waals surface area contributed by atoms with Crippen LogP contribution in [0, 0.1) is 11.5 Å². The highest BCUT2D eigenvalue weighted by atomic mass is 32.3. The second-order valence-electron chi connectivity index (χ2n) is 6.64. The summed E-state index contributed by atoms with van der Waals surface area (Å²) in [5.74, 6) is 0. The number of anilines is 1. The van der Waals surface area contributed by atoms with Crippen molar-refractivity contribution in [1.82, 2.24) is 9.21 Å². The summed E-state index contributed by atoms with van der Waals surface area (Å²) in [6.45, 7) is 2.38. The van der Waals surface area contributed by atoms with Crippen LogP contribution < -0.4 is 4.31 Å². The predicted octanol–water partition coefficient (Wildman–Crippen LogP) is 3.61. The third-order valence-electron chi connectivity index (χ3n) is 5.09. The molecule has 2 aromatic carbocycles. The maximum atomic E-state index is 10.9. The molecule has 0 aliphatic carbocycles. The summed E-state index contributed by atoms with van der Waals surface area (Å²) in [6.07, 6.45) is 2.93. The van der Waals surface area contributed by atoms with Crippen molar-refractivity contribution in [3.63, 3.8) is 0 Å². The van der Waals surface area contributed by atoms with Crippen LogP contribution in [0.15, 0.2) is 54.6 Å². The second kappa shape index (κ2) is 6.82. The molecule has 6 nitrogen and oxygen atoms in total. The first-order valence-corrected chi connectivity index (χ1v) is 10.2. The molecule has 2 N–H and O–H groups in total. The number of hydrogen-bond acceptors (Lipinski definition) is 6. The molecule has 2 fully saturated rings. The van der Waals surface area contributed by atoms with Gasteiger partial charge in [0.25, 0.3) is 0 Å². The van der Waals surface area contributed by atoms with Crippen LogP contribution in [0.5, 0.6) is 0 Å². The molecule has 0 radical (unpaired) electrons. The fourth-order valence-corrected chi connectivity index (χ4v) is 5.63. The first kappa shape index (κ1) is 17.2. The second-order valence-corrected chi connectivity index (χ2v) is 8.53. The van der Waals surface area contributed by atoms with Gasteiger partial charge < -0.3 is 4.90 Å². The Morgan fingerprint density at radius 3 is 2.46 bits per heavy atom. The zero-order valence-corrected chi connectivity index (χ0v) is 15.2. The highest BCUT2D eigenvalue weighted by molar-refractivity contribution is 8.23. The van der Waals surface area contributed by atoms with Crippen molar-refractivity contribution in [3.05, 3.63) is 54.6 Å². The van der Waals surface area contributed by atoms with E-state index in [9.17, 15) is 9.11 Å². The topological polar surface area (TPSA) is 74.0 Å². The molecular weight excluding hydrogens is 348 g/mol. The van der Waals surface area contributed by atoms with Crippen molar-refractivity contribution in [2.75, 3.05) is 30.5 Å². The largest absolute Gasteiger partial charge is 0.309 e. The van der Waals surface area contributed by atoms with Crippen LogP contribution in [0.4, 0.5) is 5.69 Å². The molecule has 1 atom stereocenters. The Kier molecular flexibility index (Phi) is 4.51. The maximum Gasteiger partial charge on any atom is 0.179 e. The van der Waals surface area contributed by atoms with Crippen LogP contribution >= 0.6 is 11.0 Å². The molecule has 0 spiro atoms. The summed E-state index contributed by atoms with van der Waals surface area (Å²) in [5.41, 5.74) is 2.96. The zero-order valence-electron chi connectivity index (χ0n) is 14.4. The fourth-order valence-electron chi connectivity index (χ4n) is 3.75. The van der Waals surface area contributed by atoms with E-state index in [4.69, 9.17) is 5.26 Å². The van der Waals surface area contributed by atoms with Crippen LogP contribution in [0.3, 0.4) is 0 Å². The lowest BCUT2D eigenvalue weighted by molar-refractivity contribution is 0.310. The minimum atomic E-state index is -3.06. The Hall–Kier alpha value is -2.24. The van der Waals surface area contributed by atoms with E-state index in [2.05, 4.69) is 6.19 Å². The Labute approximate surface area is 155 Å². The van der Waals surface area contributed by atoms with E-state index in [1.165, 1.54) is 0 Å². The summed E-state index contributed by atoms with van der Waals surface area (Å²) in [6, 6.07) is 18.0. The molecule has 2 heterocycles. The average molecular weight is 370 g/mol. The summed E-state index contributed by atoms with van der Waals surface area (Å²) in [4.78, 5) is 1.68. The fraction of sp³-hybridized carbons (Fsp3) is 0.316. The normalized spacial score (nSPS) is 23.8. The maximum absolute atomic E-state index is 10.9. The van der Waals surface area contributed by atoms with Crippen molar-refractivity contribution in [1.29, 1.82) is 5.26 Å². The lowest BCUT2D eigenvalue weighted by Gasteiger charge is -2.45. The van der Waals surface area contributed by atoms with Crippen LogP contribution in [0.2, 0.25) is 0 Å². The van der Waals surface area contributed by atoms with Crippen LogP contribution in [-0.2, 0) is 0 Å². The van der Waals surface area contributed by atoms with Gasteiger partial charge in [0, 0.05) is 19.6 Å². The lowest BCUT2D eigenvalue weighted by Crippen LogP contribution is -2.38. The van der Waals surface area contributed by atoms with Gasteiger partial charge in [-0.1, -0.05) is 53.4 Å². The average Bonchev–Trinajstić information content (AvgIpc) is 3.26. The van der Waals surface area contributed by atoms with E-state index in [-0.39, 0.29) is 6.04 Å². The van der Waals surface area contributed by atoms with Gasteiger partial charge >= 0.3 is 0 Å². The van der Waals surface area contributed by atoms with E-state index < -0.39 is 11.0 Å². The lowest BCUT2D eigenvalue weighted by atomic mass is 10.1. The van der Waals surface area contributed by atoms with Crippen molar-refractivity contribution in [2.24, 2.45) is 0 Å². The third kappa shape index (κ3) is 3.02. The minimum Gasteiger partial charge on any atom is -0.309 e. The van der Waals surface area contributed by atoms with Crippen molar-refractivity contribution in [3.8, 4) is 17.3 Å². The molecule has 136 valence electrons. The zero-order chi connectivity index (χ0) is 18.1.